The third kappa shape index (κ3) is 4.00. The minimum atomic E-state index is -0.146. The van der Waals surface area contributed by atoms with Crippen LogP contribution in [-0.2, 0) is 6.42 Å². The number of anilines is 1. The third-order valence-corrected chi connectivity index (χ3v) is 6.40. The van der Waals surface area contributed by atoms with E-state index in [1.165, 1.54) is 11.9 Å². The zero-order valence-electron chi connectivity index (χ0n) is 17.7. The number of hydrogen-bond donors (Lipinski definition) is 0. The van der Waals surface area contributed by atoms with Gasteiger partial charge in [0.15, 0.2) is 0 Å². The lowest BCUT2D eigenvalue weighted by Crippen LogP contribution is -2.33. The number of carbonyl (C=O) groups excluding carboxylic acids is 1. The van der Waals surface area contributed by atoms with E-state index in [1.54, 1.807) is 12.0 Å². The molecular formula is C25H23BrN4O2. The zero-order valence-corrected chi connectivity index (χ0v) is 19.3. The second kappa shape index (κ2) is 8.74. The lowest BCUT2D eigenvalue weighted by atomic mass is 10.1. The minimum Gasteiger partial charge on any atom is -0.497 e. The van der Waals surface area contributed by atoms with Crippen LogP contribution >= 0.6 is 15.9 Å². The van der Waals surface area contributed by atoms with Crippen molar-refractivity contribution in [2.45, 2.75) is 25.3 Å². The fourth-order valence-corrected chi connectivity index (χ4v) is 4.54. The lowest BCUT2D eigenvalue weighted by molar-refractivity contribution is 0.0984. The van der Waals surface area contributed by atoms with Crippen molar-refractivity contribution in [2.24, 2.45) is 0 Å². The van der Waals surface area contributed by atoms with E-state index in [0.717, 1.165) is 46.2 Å². The van der Waals surface area contributed by atoms with Crippen LogP contribution in [0.1, 0.15) is 34.9 Å². The number of amides is 1. The van der Waals surface area contributed by atoms with E-state index in [9.17, 15) is 4.79 Å². The first-order valence-corrected chi connectivity index (χ1v) is 11.5. The Morgan fingerprint density at radius 3 is 2.56 bits per heavy atom. The van der Waals surface area contributed by atoms with Gasteiger partial charge in [-0.05, 0) is 65.0 Å². The average Bonchev–Trinajstić information content (AvgIpc) is 3.63. The molecule has 0 unspecified atom stereocenters. The van der Waals surface area contributed by atoms with Gasteiger partial charge in [-0.1, -0.05) is 30.3 Å². The summed E-state index contributed by atoms with van der Waals surface area (Å²) in [5, 5.41) is 0.766. The van der Waals surface area contributed by atoms with Crippen LogP contribution in [0.2, 0.25) is 0 Å². The molecule has 2 aromatic heterocycles. The largest absolute Gasteiger partial charge is 0.497 e. The first kappa shape index (κ1) is 20.7. The fraction of sp³-hybridized carbons (Fsp3) is 0.240. The molecule has 1 fully saturated rings. The molecule has 1 amide bonds. The number of nitrogens with zero attached hydrogens (tertiary/aromatic N) is 4. The maximum Gasteiger partial charge on any atom is 0.277 e. The Bertz CT molecular complexity index is 1250. The van der Waals surface area contributed by atoms with Crippen molar-refractivity contribution in [2.75, 3.05) is 18.6 Å². The third-order valence-electron chi connectivity index (χ3n) is 5.80. The van der Waals surface area contributed by atoms with Gasteiger partial charge in [-0.15, -0.1) is 0 Å². The number of rotatable bonds is 7. The summed E-state index contributed by atoms with van der Waals surface area (Å²) < 4.78 is 8.30. The number of hydrogen-bond acceptors (Lipinski definition) is 4. The molecule has 1 aliphatic rings. The molecule has 0 radical (unpaired) electrons. The van der Waals surface area contributed by atoms with Crippen molar-refractivity contribution in [1.82, 2.24) is 14.5 Å². The highest BCUT2D eigenvalue weighted by atomic mass is 79.9. The van der Waals surface area contributed by atoms with Crippen LogP contribution in [0.4, 0.5) is 5.69 Å². The molecule has 2 aromatic carbocycles. The van der Waals surface area contributed by atoms with Crippen LogP contribution in [0.15, 0.2) is 71.6 Å². The van der Waals surface area contributed by atoms with Crippen LogP contribution < -0.4 is 9.64 Å². The molecule has 0 spiro atoms. The summed E-state index contributed by atoms with van der Waals surface area (Å²) in [4.78, 5) is 24.6. The smallest absolute Gasteiger partial charge is 0.277 e. The molecule has 32 heavy (non-hydrogen) atoms. The first-order chi connectivity index (χ1) is 15.7. The number of benzene rings is 2. The number of methoxy groups -OCH3 is 1. The molecule has 4 aromatic rings. The molecule has 0 aliphatic heterocycles. The Morgan fingerprint density at radius 2 is 1.88 bits per heavy atom. The van der Waals surface area contributed by atoms with E-state index in [2.05, 4.69) is 42.6 Å². The van der Waals surface area contributed by atoms with Crippen LogP contribution in [0.5, 0.6) is 5.75 Å². The highest BCUT2D eigenvalue weighted by Crippen LogP contribution is 2.40. The summed E-state index contributed by atoms with van der Waals surface area (Å²) in [5.74, 6) is 0.602. The van der Waals surface area contributed by atoms with E-state index >= 15 is 0 Å². The van der Waals surface area contributed by atoms with Crippen molar-refractivity contribution < 1.29 is 9.53 Å². The van der Waals surface area contributed by atoms with Gasteiger partial charge in [-0.25, -0.2) is 9.97 Å². The lowest BCUT2D eigenvalue weighted by Gasteiger charge is -2.23. The van der Waals surface area contributed by atoms with Crippen molar-refractivity contribution in [1.29, 1.82) is 0 Å². The molecule has 6 nitrogen and oxygen atoms in total. The highest BCUT2D eigenvalue weighted by Gasteiger charge is 2.29. The fourth-order valence-electron chi connectivity index (χ4n) is 3.96. The summed E-state index contributed by atoms with van der Waals surface area (Å²) in [5.41, 5.74) is 3.18. The maximum atomic E-state index is 13.9. The van der Waals surface area contributed by atoms with Gasteiger partial charge in [0.05, 0.1) is 12.5 Å². The molecule has 0 bridgehead atoms. The van der Waals surface area contributed by atoms with E-state index in [1.807, 2.05) is 48.7 Å². The van der Waals surface area contributed by atoms with Gasteiger partial charge in [0.25, 0.3) is 5.91 Å². The van der Waals surface area contributed by atoms with E-state index < -0.39 is 0 Å². The average molecular weight is 491 g/mol. The Morgan fingerprint density at radius 1 is 1.12 bits per heavy atom. The summed E-state index contributed by atoms with van der Waals surface area (Å²) in [6, 6.07) is 18.2. The molecule has 1 aliphatic carbocycles. The van der Waals surface area contributed by atoms with Crippen LogP contribution in [-0.4, -0.2) is 34.1 Å². The van der Waals surface area contributed by atoms with Crippen molar-refractivity contribution in [3.05, 3.63) is 82.9 Å². The van der Waals surface area contributed by atoms with Crippen LogP contribution in [0.25, 0.3) is 11.0 Å². The summed E-state index contributed by atoms with van der Waals surface area (Å²) in [7, 11) is 1.63. The van der Waals surface area contributed by atoms with E-state index in [-0.39, 0.29) is 5.91 Å². The van der Waals surface area contributed by atoms with Crippen molar-refractivity contribution in [3.8, 4) is 5.75 Å². The Labute approximate surface area is 195 Å². The molecule has 7 heteroatoms. The van der Waals surface area contributed by atoms with Crippen molar-refractivity contribution >= 4 is 38.6 Å². The summed E-state index contributed by atoms with van der Waals surface area (Å²) in [6.45, 7) is 0.529. The number of carbonyl (C=O) groups is 1. The van der Waals surface area contributed by atoms with Gasteiger partial charge in [0.2, 0.25) is 0 Å². The van der Waals surface area contributed by atoms with Crippen LogP contribution in [0, 0.1) is 0 Å². The van der Waals surface area contributed by atoms with Gasteiger partial charge in [-0.3, -0.25) is 4.79 Å². The van der Waals surface area contributed by atoms with Gasteiger partial charge < -0.3 is 14.2 Å². The molecular weight excluding hydrogens is 468 g/mol. The Kier molecular flexibility index (Phi) is 5.66. The topological polar surface area (TPSA) is 60.2 Å². The summed E-state index contributed by atoms with van der Waals surface area (Å²) >= 11 is 3.64. The predicted octanol–water partition coefficient (Wildman–Crippen LogP) is 5.43. The number of fused-ring (bicyclic) bond motifs is 1. The molecule has 0 atom stereocenters. The first-order valence-electron chi connectivity index (χ1n) is 10.7. The minimum absolute atomic E-state index is 0.146. The van der Waals surface area contributed by atoms with Gasteiger partial charge in [0, 0.05) is 28.9 Å². The maximum absolute atomic E-state index is 13.9. The molecule has 0 N–H and O–H groups in total. The molecule has 0 saturated heterocycles. The van der Waals surface area contributed by atoms with Crippen molar-refractivity contribution in [3.63, 3.8) is 0 Å². The quantitative estimate of drug-likeness (QED) is 0.346. The second-order valence-electron chi connectivity index (χ2n) is 7.93. The van der Waals surface area contributed by atoms with E-state index in [4.69, 9.17) is 4.74 Å². The van der Waals surface area contributed by atoms with Gasteiger partial charge >= 0.3 is 0 Å². The Hall–Kier alpha value is -3.19. The summed E-state index contributed by atoms with van der Waals surface area (Å²) in [6.07, 6.45) is 6.52. The van der Waals surface area contributed by atoms with Gasteiger partial charge in [-0.2, -0.15) is 0 Å². The predicted molar refractivity (Wildman–Crippen MR) is 128 cm³/mol. The standard InChI is InChI=1S/C25H23BrN4O2/c1-32-20-11-9-18(10-12-20)29(14-13-17-5-3-2-4-6-17)25(31)23-22-21(26)15-30(19-7-8-19)24(22)28-16-27-23/h2-6,9-12,15-16,19H,7-8,13-14H2,1H3. The SMILES string of the molecule is COc1ccc(N(CCc2ccccc2)C(=O)c2ncnc3c2c(Br)cn3C2CC2)cc1. The number of ether oxygens (including phenoxy) is 1. The molecule has 162 valence electrons. The van der Waals surface area contributed by atoms with Gasteiger partial charge in [0.1, 0.15) is 23.4 Å². The Balaban J connectivity index is 1.53. The number of halogens is 1. The van der Waals surface area contributed by atoms with Crippen LogP contribution in [0.3, 0.4) is 0 Å². The zero-order chi connectivity index (χ0) is 22.1. The second-order valence-corrected chi connectivity index (χ2v) is 8.78. The molecule has 1 saturated carbocycles. The number of aromatic nitrogens is 3. The van der Waals surface area contributed by atoms with E-state index in [0.29, 0.717) is 18.3 Å². The highest BCUT2D eigenvalue weighted by molar-refractivity contribution is 9.10. The molecule has 5 rings (SSSR count). The molecule has 2 heterocycles. The monoisotopic (exact) mass is 490 g/mol. The normalized spacial score (nSPS) is 13.3.